The van der Waals surface area contributed by atoms with Gasteiger partial charge in [0.05, 0.1) is 18.2 Å². The number of anilines is 1. The number of rotatable bonds is 4. The van der Waals surface area contributed by atoms with E-state index in [-0.39, 0.29) is 12.5 Å². The maximum absolute atomic E-state index is 11.2. The van der Waals surface area contributed by atoms with Gasteiger partial charge in [-0.25, -0.2) is 0 Å². The van der Waals surface area contributed by atoms with Crippen LogP contribution in [0.1, 0.15) is 12.8 Å². The van der Waals surface area contributed by atoms with E-state index in [0.717, 1.165) is 62.1 Å². The molecule has 2 aromatic rings. The zero-order chi connectivity index (χ0) is 17.4. The van der Waals surface area contributed by atoms with E-state index in [1.807, 2.05) is 24.3 Å². The first-order valence-electron chi connectivity index (χ1n) is 8.67. The first kappa shape index (κ1) is 16.8. The number of piperazine rings is 1. The van der Waals surface area contributed by atoms with Gasteiger partial charge in [-0.1, -0.05) is 17.3 Å². The van der Waals surface area contributed by atoms with E-state index in [1.54, 1.807) is 0 Å². The average molecular weight is 365 g/mol. The fourth-order valence-corrected chi connectivity index (χ4v) is 4.37. The van der Waals surface area contributed by atoms with Crippen molar-refractivity contribution in [1.82, 2.24) is 10.1 Å². The lowest BCUT2D eigenvalue weighted by Crippen LogP contribution is -2.56. The van der Waals surface area contributed by atoms with E-state index in [1.165, 1.54) is 0 Å². The van der Waals surface area contributed by atoms with Gasteiger partial charge in [-0.15, -0.1) is 0 Å². The van der Waals surface area contributed by atoms with Gasteiger partial charge in [-0.3, -0.25) is 9.08 Å². The van der Waals surface area contributed by atoms with Crippen molar-refractivity contribution < 1.29 is 17.1 Å². The summed E-state index contributed by atoms with van der Waals surface area (Å²) in [7, 11) is -3.37. The predicted molar refractivity (Wildman–Crippen MR) is 95.1 cm³/mol. The molecular weight excluding hydrogens is 342 g/mol. The lowest BCUT2D eigenvalue weighted by Gasteiger charge is -2.46. The zero-order valence-corrected chi connectivity index (χ0v) is 15.1. The minimum Gasteiger partial charge on any atom is -0.354 e. The van der Waals surface area contributed by atoms with Gasteiger partial charge in [0.1, 0.15) is 0 Å². The standard InChI is InChI=1S/C17H23N3O4S/c1-25(21,22)23-12-13-6-7-19-8-9-20(11-14(19)10-13)17-15-4-2-3-5-16(15)24-18-17/h2-5,13-14H,6-12H2,1H3/t13-,14+/m1/s1. The molecule has 136 valence electrons. The Kier molecular flexibility index (Phi) is 4.43. The highest BCUT2D eigenvalue weighted by Gasteiger charge is 2.34. The van der Waals surface area contributed by atoms with Crippen LogP contribution in [-0.2, 0) is 14.3 Å². The second-order valence-electron chi connectivity index (χ2n) is 7.02. The van der Waals surface area contributed by atoms with E-state index in [9.17, 15) is 8.42 Å². The maximum Gasteiger partial charge on any atom is 0.264 e. The van der Waals surface area contributed by atoms with E-state index < -0.39 is 10.1 Å². The highest BCUT2D eigenvalue weighted by molar-refractivity contribution is 7.85. The van der Waals surface area contributed by atoms with Crippen LogP contribution in [0, 0.1) is 5.92 Å². The number of hydrogen-bond acceptors (Lipinski definition) is 7. The van der Waals surface area contributed by atoms with Crippen LogP contribution in [0.3, 0.4) is 0 Å². The summed E-state index contributed by atoms with van der Waals surface area (Å²) in [4.78, 5) is 4.78. The molecule has 2 fully saturated rings. The molecule has 1 aromatic heterocycles. The second kappa shape index (κ2) is 6.59. The Morgan fingerprint density at radius 2 is 2.12 bits per heavy atom. The Morgan fingerprint density at radius 1 is 1.28 bits per heavy atom. The normalized spacial score (nSPS) is 25.2. The van der Waals surface area contributed by atoms with Crippen molar-refractivity contribution in [2.24, 2.45) is 5.92 Å². The summed E-state index contributed by atoms with van der Waals surface area (Å²) in [6.07, 6.45) is 3.04. The fraction of sp³-hybridized carbons (Fsp3) is 0.588. The van der Waals surface area contributed by atoms with Crippen molar-refractivity contribution in [3.05, 3.63) is 24.3 Å². The maximum atomic E-state index is 11.2. The number of hydrogen-bond donors (Lipinski definition) is 0. The molecule has 0 bridgehead atoms. The molecule has 2 saturated heterocycles. The lowest BCUT2D eigenvalue weighted by molar-refractivity contribution is 0.0794. The number of benzene rings is 1. The fourth-order valence-electron chi connectivity index (χ4n) is 3.93. The number of nitrogens with zero attached hydrogens (tertiary/aromatic N) is 3. The van der Waals surface area contributed by atoms with Crippen molar-refractivity contribution in [2.75, 3.05) is 43.9 Å². The average Bonchev–Trinajstić information content (AvgIpc) is 3.03. The molecule has 0 saturated carbocycles. The molecule has 7 nitrogen and oxygen atoms in total. The van der Waals surface area contributed by atoms with Gasteiger partial charge in [-0.05, 0) is 37.4 Å². The third-order valence-corrected chi connectivity index (χ3v) is 5.77. The molecule has 2 aliphatic heterocycles. The van der Waals surface area contributed by atoms with E-state index >= 15 is 0 Å². The summed E-state index contributed by atoms with van der Waals surface area (Å²) in [5.41, 5.74) is 0.808. The summed E-state index contributed by atoms with van der Waals surface area (Å²) in [5, 5.41) is 5.32. The van der Waals surface area contributed by atoms with Gasteiger partial charge in [-0.2, -0.15) is 8.42 Å². The number of piperidine rings is 1. The highest BCUT2D eigenvalue weighted by atomic mass is 32.2. The molecule has 2 atom stereocenters. The Labute approximate surface area is 147 Å². The Bertz CT molecular complexity index is 850. The Balaban J connectivity index is 1.45. The Hall–Kier alpha value is -1.64. The molecule has 2 aliphatic rings. The summed E-state index contributed by atoms with van der Waals surface area (Å²) in [6.45, 7) is 4.08. The number of aromatic nitrogens is 1. The first-order valence-corrected chi connectivity index (χ1v) is 10.5. The minimum atomic E-state index is -3.37. The van der Waals surface area contributed by atoms with Gasteiger partial charge in [0.25, 0.3) is 10.1 Å². The second-order valence-corrected chi connectivity index (χ2v) is 8.66. The first-order chi connectivity index (χ1) is 12.0. The Morgan fingerprint density at radius 3 is 2.96 bits per heavy atom. The van der Waals surface area contributed by atoms with Crippen LogP contribution in [0.15, 0.2) is 28.8 Å². The quantitative estimate of drug-likeness (QED) is 0.763. The molecular formula is C17H23N3O4S. The molecule has 0 unspecified atom stereocenters. The summed E-state index contributed by atoms with van der Waals surface area (Å²) < 4.78 is 32.9. The van der Waals surface area contributed by atoms with Crippen LogP contribution in [0.25, 0.3) is 11.0 Å². The molecule has 0 spiro atoms. The SMILES string of the molecule is CS(=O)(=O)OC[C@@H]1CCN2CCN(c3noc4ccccc34)C[C@@H]2C1. The van der Waals surface area contributed by atoms with Crippen LogP contribution in [0.5, 0.6) is 0 Å². The molecule has 0 amide bonds. The lowest BCUT2D eigenvalue weighted by atomic mass is 9.90. The van der Waals surface area contributed by atoms with Crippen LogP contribution in [0.4, 0.5) is 5.82 Å². The van der Waals surface area contributed by atoms with Gasteiger partial charge >= 0.3 is 0 Å². The van der Waals surface area contributed by atoms with E-state index in [4.69, 9.17) is 8.71 Å². The van der Waals surface area contributed by atoms with Crippen LogP contribution >= 0.6 is 0 Å². The van der Waals surface area contributed by atoms with Crippen molar-refractivity contribution in [1.29, 1.82) is 0 Å². The molecule has 0 radical (unpaired) electrons. The summed E-state index contributed by atoms with van der Waals surface area (Å²) in [5.74, 6) is 1.19. The number of fused-ring (bicyclic) bond motifs is 2. The third kappa shape index (κ3) is 3.65. The summed E-state index contributed by atoms with van der Waals surface area (Å²) >= 11 is 0. The van der Waals surface area contributed by atoms with Crippen molar-refractivity contribution >= 4 is 26.9 Å². The topological polar surface area (TPSA) is 75.9 Å². The van der Waals surface area contributed by atoms with Gasteiger partial charge in [0.2, 0.25) is 0 Å². The van der Waals surface area contributed by atoms with Crippen LogP contribution < -0.4 is 4.90 Å². The molecule has 4 rings (SSSR count). The molecule has 0 N–H and O–H groups in total. The van der Waals surface area contributed by atoms with Gasteiger partial charge in [0, 0.05) is 25.7 Å². The number of para-hydroxylation sites is 1. The van der Waals surface area contributed by atoms with Crippen molar-refractivity contribution in [2.45, 2.75) is 18.9 Å². The van der Waals surface area contributed by atoms with Crippen LogP contribution in [0.2, 0.25) is 0 Å². The van der Waals surface area contributed by atoms with E-state index in [2.05, 4.69) is 15.0 Å². The van der Waals surface area contributed by atoms with Crippen LogP contribution in [-0.4, -0.2) is 63.6 Å². The minimum absolute atomic E-state index is 0.282. The summed E-state index contributed by atoms with van der Waals surface area (Å²) in [6, 6.07) is 8.31. The van der Waals surface area contributed by atoms with Crippen molar-refractivity contribution in [3.8, 4) is 0 Å². The monoisotopic (exact) mass is 365 g/mol. The van der Waals surface area contributed by atoms with Gasteiger partial charge in [0.15, 0.2) is 11.4 Å². The third-order valence-electron chi connectivity index (χ3n) is 5.21. The molecule has 1 aromatic carbocycles. The molecule has 3 heterocycles. The molecule has 8 heteroatoms. The van der Waals surface area contributed by atoms with E-state index in [0.29, 0.717) is 6.04 Å². The molecule has 25 heavy (non-hydrogen) atoms. The largest absolute Gasteiger partial charge is 0.354 e. The van der Waals surface area contributed by atoms with Gasteiger partial charge < -0.3 is 9.42 Å². The predicted octanol–water partition coefficient (Wildman–Crippen LogP) is 1.70. The zero-order valence-electron chi connectivity index (χ0n) is 14.3. The molecule has 0 aliphatic carbocycles. The smallest absolute Gasteiger partial charge is 0.264 e. The van der Waals surface area contributed by atoms with Crippen molar-refractivity contribution in [3.63, 3.8) is 0 Å². The highest BCUT2D eigenvalue weighted by Crippen LogP contribution is 2.31.